The van der Waals surface area contributed by atoms with Gasteiger partial charge in [0.25, 0.3) is 0 Å². The van der Waals surface area contributed by atoms with E-state index in [1.807, 2.05) is 0 Å². The maximum Gasteiger partial charge on any atom is 0.248 e. The monoisotopic (exact) mass is 396 g/mol. The van der Waals surface area contributed by atoms with Gasteiger partial charge < -0.3 is 10.1 Å². The van der Waals surface area contributed by atoms with Gasteiger partial charge in [0.15, 0.2) is 0 Å². The number of carbonyl (C=O) groups excluding carboxylic acids is 1. The molecule has 0 fully saturated rings. The summed E-state index contributed by atoms with van der Waals surface area (Å²) in [5.74, 6) is -0.00260. The summed E-state index contributed by atoms with van der Waals surface area (Å²) in [5.41, 5.74) is 1.52. The number of carbonyl (C=O) groups is 1. The number of benzene rings is 2. The van der Waals surface area contributed by atoms with Gasteiger partial charge in [-0.15, -0.1) is 0 Å². The molecule has 0 saturated carbocycles. The molecule has 1 amide bonds. The largest absolute Gasteiger partial charge is 0.495 e. The van der Waals surface area contributed by atoms with Crippen LogP contribution in [0.3, 0.4) is 0 Å². The van der Waals surface area contributed by atoms with E-state index < -0.39 is 22.0 Å². The SMILES string of the molecule is COc1ccccc1NC(=O)C(C)N(c1cc(Cl)ccc1C)S(C)(=O)=O. The lowest BCUT2D eigenvalue weighted by Gasteiger charge is -2.29. The number of para-hydroxylation sites is 2. The molecule has 2 rings (SSSR count). The van der Waals surface area contributed by atoms with E-state index in [0.717, 1.165) is 10.6 Å². The zero-order chi connectivity index (χ0) is 19.5. The second-order valence-corrected chi connectivity index (χ2v) is 8.15. The number of aryl methyl sites for hydroxylation is 1. The van der Waals surface area contributed by atoms with Crippen LogP contribution in [0.25, 0.3) is 0 Å². The average Bonchev–Trinajstić information content (AvgIpc) is 2.57. The summed E-state index contributed by atoms with van der Waals surface area (Å²) in [4.78, 5) is 12.7. The Morgan fingerprint density at radius 1 is 1.23 bits per heavy atom. The lowest BCUT2D eigenvalue weighted by atomic mass is 10.1. The van der Waals surface area contributed by atoms with Crippen molar-refractivity contribution in [2.45, 2.75) is 19.9 Å². The molecule has 0 radical (unpaired) electrons. The number of methoxy groups -OCH3 is 1. The van der Waals surface area contributed by atoms with Gasteiger partial charge in [-0.05, 0) is 43.7 Å². The summed E-state index contributed by atoms with van der Waals surface area (Å²) >= 11 is 6.03. The van der Waals surface area contributed by atoms with E-state index in [0.29, 0.717) is 27.7 Å². The van der Waals surface area contributed by atoms with Crippen LogP contribution in [0.2, 0.25) is 5.02 Å². The van der Waals surface area contributed by atoms with Gasteiger partial charge in [0.2, 0.25) is 15.9 Å². The van der Waals surface area contributed by atoms with Gasteiger partial charge in [0.05, 0.1) is 24.7 Å². The minimum absolute atomic E-state index is 0.364. The fourth-order valence-electron chi connectivity index (χ4n) is 2.59. The highest BCUT2D eigenvalue weighted by Gasteiger charge is 2.30. The predicted octanol–water partition coefficient (Wildman–Crippen LogP) is 3.45. The number of sulfonamides is 1. The molecular formula is C18H21ClN2O4S. The number of amides is 1. The molecule has 0 aliphatic carbocycles. The molecule has 0 spiro atoms. The van der Waals surface area contributed by atoms with Crippen molar-refractivity contribution in [3.05, 3.63) is 53.1 Å². The molecule has 2 aromatic rings. The van der Waals surface area contributed by atoms with Crippen molar-refractivity contribution in [1.29, 1.82) is 0 Å². The maximum absolute atomic E-state index is 12.7. The second-order valence-electron chi connectivity index (χ2n) is 5.86. The number of anilines is 2. The van der Waals surface area contributed by atoms with Crippen molar-refractivity contribution in [3.63, 3.8) is 0 Å². The molecule has 2 aromatic carbocycles. The van der Waals surface area contributed by atoms with Crippen LogP contribution in [0, 0.1) is 6.92 Å². The van der Waals surface area contributed by atoms with Gasteiger partial charge in [0, 0.05) is 5.02 Å². The van der Waals surface area contributed by atoms with Crippen LogP contribution in [-0.4, -0.2) is 33.7 Å². The number of nitrogens with one attached hydrogen (secondary N) is 1. The van der Waals surface area contributed by atoms with E-state index in [2.05, 4.69) is 5.32 Å². The highest BCUT2D eigenvalue weighted by atomic mass is 35.5. The molecular weight excluding hydrogens is 376 g/mol. The lowest BCUT2D eigenvalue weighted by Crippen LogP contribution is -2.45. The van der Waals surface area contributed by atoms with Gasteiger partial charge in [-0.1, -0.05) is 29.8 Å². The fourth-order valence-corrected chi connectivity index (χ4v) is 3.98. The third kappa shape index (κ3) is 4.47. The quantitative estimate of drug-likeness (QED) is 0.811. The molecule has 140 valence electrons. The third-order valence-corrected chi connectivity index (χ3v) is 5.32. The van der Waals surface area contributed by atoms with Gasteiger partial charge in [-0.2, -0.15) is 0 Å². The number of hydrogen-bond donors (Lipinski definition) is 1. The number of rotatable bonds is 6. The van der Waals surface area contributed by atoms with Crippen LogP contribution in [0.5, 0.6) is 5.75 Å². The first-order chi connectivity index (χ1) is 12.1. The van der Waals surface area contributed by atoms with Gasteiger partial charge in [-0.25, -0.2) is 8.42 Å². The van der Waals surface area contributed by atoms with Crippen LogP contribution in [-0.2, 0) is 14.8 Å². The topological polar surface area (TPSA) is 75.7 Å². The Labute approximate surface area is 158 Å². The molecule has 0 saturated heterocycles. The third-order valence-electron chi connectivity index (χ3n) is 3.86. The molecule has 0 aliphatic rings. The van der Waals surface area contributed by atoms with Crippen molar-refractivity contribution in [1.82, 2.24) is 0 Å². The molecule has 1 N–H and O–H groups in total. The van der Waals surface area contributed by atoms with Gasteiger partial charge in [-0.3, -0.25) is 9.10 Å². The van der Waals surface area contributed by atoms with Gasteiger partial charge in [0.1, 0.15) is 11.8 Å². The Morgan fingerprint density at radius 3 is 2.50 bits per heavy atom. The molecule has 0 heterocycles. The summed E-state index contributed by atoms with van der Waals surface area (Å²) in [5, 5.41) is 3.10. The van der Waals surface area contributed by atoms with E-state index in [9.17, 15) is 13.2 Å². The highest BCUT2D eigenvalue weighted by Crippen LogP contribution is 2.29. The van der Waals surface area contributed by atoms with E-state index in [4.69, 9.17) is 16.3 Å². The lowest BCUT2D eigenvalue weighted by molar-refractivity contribution is -0.116. The zero-order valence-electron chi connectivity index (χ0n) is 15.0. The summed E-state index contributed by atoms with van der Waals surface area (Å²) < 4.78 is 31.1. The van der Waals surface area contributed by atoms with Crippen molar-refractivity contribution in [2.75, 3.05) is 23.0 Å². The van der Waals surface area contributed by atoms with Crippen LogP contribution in [0.15, 0.2) is 42.5 Å². The van der Waals surface area contributed by atoms with Crippen LogP contribution < -0.4 is 14.4 Å². The Morgan fingerprint density at radius 2 is 1.88 bits per heavy atom. The molecule has 1 unspecified atom stereocenters. The first-order valence-electron chi connectivity index (χ1n) is 7.84. The summed E-state index contributed by atoms with van der Waals surface area (Å²) in [7, 11) is -2.23. The number of halogens is 1. The van der Waals surface area contributed by atoms with Crippen molar-refractivity contribution < 1.29 is 17.9 Å². The fraction of sp³-hybridized carbons (Fsp3) is 0.278. The van der Waals surface area contributed by atoms with Crippen molar-refractivity contribution in [2.24, 2.45) is 0 Å². The summed E-state index contributed by atoms with van der Waals surface area (Å²) in [6.45, 7) is 3.28. The minimum Gasteiger partial charge on any atom is -0.495 e. The molecule has 0 bridgehead atoms. The molecule has 8 heteroatoms. The van der Waals surface area contributed by atoms with Crippen molar-refractivity contribution in [3.8, 4) is 5.75 Å². The second kappa shape index (κ2) is 7.97. The Kier molecular flexibility index (Phi) is 6.15. The smallest absolute Gasteiger partial charge is 0.248 e. The average molecular weight is 397 g/mol. The van der Waals surface area contributed by atoms with Crippen LogP contribution >= 0.6 is 11.6 Å². The Bertz CT molecular complexity index is 915. The molecule has 6 nitrogen and oxygen atoms in total. The Hall–Kier alpha value is -2.25. The first kappa shape index (κ1) is 20.1. The number of ether oxygens (including phenoxy) is 1. The summed E-state index contributed by atoms with van der Waals surface area (Å²) in [6.07, 6.45) is 1.06. The normalized spacial score (nSPS) is 12.3. The van der Waals surface area contributed by atoms with E-state index in [-0.39, 0.29) is 0 Å². The minimum atomic E-state index is -3.73. The highest BCUT2D eigenvalue weighted by molar-refractivity contribution is 7.92. The molecule has 26 heavy (non-hydrogen) atoms. The number of hydrogen-bond acceptors (Lipinski definition) is 4. The standard InChI is InChI=1S/C18H21ClN2O4S/c1-12-9-10-14(19)11-16(12)21(26(4,23)24)13(2)18(22)20-15-7-5-6-8-17(15)25-3/h5-11,13H,1-4H3,(H,20,22). The summed E-state index contributed by atoms with van der Waals surface area (Å²) in [6, 6.07) is 10.8. The predicted molar refractivity (Wildman–Crippen MR) is 105 cm³/mol. The van der Waals surface area contributed by atoms with Gasteiger partial charge >= 0.3 is 0 Å². The zero-order valence-corrected chi connectivity index (χ0v) is 16.6. The van der Waals surface area contributed by atoms with E-state index in [1.54, 1.807) is 43.3 Å². The first-order valence-corrected chi connectivity index (χ1v) is 10.1. The maximum atomic E-state index is 12.7. The molecule has 0 aliphatic heterocycles. The van der Waals surface area contributed by atoms with Crippen molar-refractivity contribution >= 4 is 38.9 Å². The number of nitrogens with zero attached hydrogens (tertiary/aromatic N) is 1. The van der Waals surface area contributed by atoms with Crippen LogP contribution in [0.4, 0.5) is 11.4 Å². The van der Waals surface area contributed by atoms with E-state index in [1.165, 1.54) is 20.1 Å². The van der Waals surface area contributed by atoms with E-state index >= 15 is 0 Å². The molecule has 1 atom stereocenters. The Balaban J connectivity index is 2.40. The molecule has 0 aromatic heterocycles. The van der Waals surface area contributed by atoms with Crippen LogP contribution in [0.1, 0.15) is 12.5 Å².